The number of hydrogen-bond donors (Lipinski definition) is 2. The summed E-state index contributed by atoms with van der Waals surface area (Å²) >= 11 is 0. The number of alkyl halides is 1. The molecule has 2 atom stereocenters. The van der Waals surface area contributed by atoms with Gasteiger partial charge in [-0.25, -0.2) is 14.1 Å². The molecule has 0 amide bonds. The molecule has 0 bridgehead atoms. The lowest BCUT2D eigenvalue weighted by atomic mass is 10.0. The van der Waals surface area contributed by atoms with Gasteiger partial charge in [-0.15, -0.1) is 0 Å². The third-order valence-corrected chi connectivity index (χ3v) is 12.4. The summed E-state index contributed by atoms with van der Waals surface area (Å²) in [6.07, 6.45) is 0.606. The zero-order valence-electron chi connectivity index (χ0n) is 25.3. The van der Waals surface area contributed by atoms with Gasteiger partial charge in [0.1, 0.15) is 18.5 Å². The minimum absolute atomic E-state index is 0.0527. The average Bonchev–Trinajstić information content (AvgIpc) is 3.40. The van der Waals surface area contributed by atoms with Crippen molar-refractivity contribution in [3.8, 4) is 22.8 Å². The Kier molecular flexibility index (Phi) is 10.1. The first-order valence-electron chi connectivity index (χ1n) is 14.2. The Balaban J connectivity index is 1.64. The van der Waals surface area contributed by atoms with Crippen LogP contribution in [0.15, 0.2) is 54.7 Å². The summed E-state index contributed by atoms with van der Waals surface area (Å²) in [5.41, 5.74) is 9.47. The fourth-order valence-electron chi connectivity index (χ4n) is 4.26. The predicted molar refractivity (Wildman–Crippen MR) is 165 cm³/mol. The van der Waals surface area contributed by atoms with Crippen LogP contribution in [-0.2, 0) is 15.8 Å². The molecule has 0 saturated carbocycles. The molecule has 0 spiro atoms. The number of pyridine rings is 2. The lowest BCUT2D eigenvalue weighted by molar-refractivity contribution is 0.147. The van der Waals surface area contributed by atoms with Crippen molar-refractivity contribution in [2.45, 2.75) is 64.1 Å². The summed E-state index contributed by atoms with van der Waals surface area (Å²) in [5, 5.41) is 15.0. The van der Waals surface area contributed by atoms with Crippen LogP contribution in [0.2, 0.25) is 18.1 Å². The largest absolute Gasteiger partial charge is 0.490 e. The third-order valence-electron chi connectivity index (χ3n) is 7.83. The number of rotatable bonds is 13. The normalized spacial score (nSPS) is 13.8. The maximum Gasteiger partial charge on any atom is 0.191 e. The first-order chi connectivity index (χ1) is 19.9. The number of hydrogen-bond acceptors (Lipinski definition) is 8. The Bertz CT molecular complexity index is 1490. The van der Waals surface area contributed by atoms with Crippen LogP contribution >= 0.6 is 0 Å². The van der Waals surface area contributed by atoms with E-state index >= 15 is 4.39 Å². The number of fused-ring (bicyclic) bond motifs is 1. The molecule has 4 aromatic rings. The molecule has 1 aromatic carbocycles. The number of nitrogens with two attached hydrogens (primary N) is 1. The van der Waals surface area contributed by atoms with Crippen molar-refractivity contribution in [2.75, 3.05) is 26.9 Å². The number of halogens is 1. The number of ether oxygens (including phenoxy) is 2. The Hall–Kier alpha value is -3.22. The van der Waals surface area contributed by atoms with E-state index in [2.05, 4.69) is 43.9 Å². The van der Waals surface area contributed by atoms with E-state index in [1.165, 1.54) is 0 Å². The van der Waals surface area contributed by atoms with Crippen molar-refractivity contribution in [3.05, 3.63) is 66.1 Å². The Labute approximate surface area is 248 Å². The molecule has 3 heterocycles. The van der Waals surface area contributed by atoms with E-state index in [9.17, 15) is 5.11 Å². The molecule has 11 heteroatoms. The number of aromatic nitrogens is 4. The van der Waals surface area contributed by atoms with Crippen LogP contribution in [0.5, 0.6) is 5.75 Å². The van der Waals surface area contributed by atoms with E-state index in [-0.39, 0.29) is 18.1 Å². The maximum absolute atomic E-state index is 15.3. The van der Waals surface area contributed by atoms with Gasteiger partial charge in [-0.3, -0.25) is 4.98 Å². The third kappa shape index (κ3) is 7.21. The van der Waals surface area contributed by atoms with Gasteiger partial charge in [0.25, 0.3) is 0 Å². The molecule has 3 aromatic heterocycles. The molecule has 0 fully saturated rings. The van der Waals surface area contributed by atoms with E-state index in [0.29, 0.717) is 48.5 Å². The molecule has 0 radical (unpaired) electrons. The molecule has 9 nitrogen and oxygen atoms in total. The molecule has 0 aliphatic rings. The van der Waals surface area contributed by atoms with E-state index in [1.54, 1.807) is 30.1 Å². The van der Waals surface area contributed by atoms with Crippen molar-refractivity contribution in [1.29, 1.82) is 0 Å². The van der Waals surface area contributed by atoms with Crippen LogP contribution in [0.4, 0.5) is 4.39 Å². The number of aliphatic hydroxyl groups is 1. The summed E-state index contributed by atoms with van der Waals surface area (Å²) in [4.78, 5) is 9.27. The second-order valence-corrected chi connectivity index (χ2v) is 16.6. The van der Waals surface area contributed by atoms with Crippen LogP contribution in [0.3, 0.4) is 0 Å². The molecular weight excluding hydrogens is 553 g/mol. The summed E-state index contributed by atoms with van der Waals surface area (Å²) < 4.78 is 34.4. The van der Waals surface area contributed by atoms with Crippen LogP contribution in [0.1, 0.15) is 44.6 Å². The molecule has 0 aliphatic heterocycles. The summed E-state index contributed by atoms with van der Waals surface area (Å²) in [5.74, 6) is 1.16. The van der Waals surface area contributed by atoms with Gasteiger partial charge in [0, 0.05) is 25.7 Å². The molecule has 42 heavy (non-hydrogen) atoms. The number of nitrogens with zero attached hydrogens (tertiary/aromatic N) is 4. The smallest absolute Gasteiger partial charge is 0.191 e. The van der Waals surface area contributed by atoms with Crippen molar-refractivity contribution in [2.24, 2.45) is 5.73 Å². The second kappa shape index (κ2) is 13.4. The van der Waals surface area contributed by atoms with Gasteiger partial charge in [-0.2, -0.15) is 5.10 Å². The molecule has 3 N–H and O–H groups in total. The quantitative estimate of drug-likeness (QED) is 0.148. The van der Waals surface area contributed by atoms with Gasteiger partial charge in [0.05, 0.1) is 53.4 Å². The van der Waals surface area contributed by atoms with Crippen molar-refractivity contribution < 1.29 is 23.4 Å². The van der Waals surface area contributed by atoms with E-state index in [4.69, 9.17) is 24.6 Å². The van der Waals surface area contributed by atoms with E-state index in [1.807, 2.05) is 36.4 Å². The minimum Gasteiger partial charge on any atom is -0.490 e. The number of aliphatic hydroxyl groups excluding tert-OH is 1. The zero-order chi connectivity index (χ0) is 30.5. The Morgan fingerprint density at radius 2 is 1.81 bits per heavy atom. The molecule has 0 saturated heterocycles. The highest BCUT2D eigenvalue weighted by Crippen LogP contribution is 2.37. The zero-order valence-corrected chi connectivity index (χ0v) is 26.3. The van der Waals surface area contributed by atoms with Gasteiger partial charge in [0.2, 0.25) is 0 Å². The lowest BCUT2D eigenvalue weighted by Gasteiger charge is -2.36. The highest BCUT2D eigenvalue weighted by atomic mass is 28.4. The van der Waals surface area contributed by atoms with Gasteiger partial charge < -0.3 is 24.7 Å². The summed E-state index contributed by atoms with van der Waals surface area (Å²) in [6.45, 7) is 11.7. The van der Waals surface area contributed by atoms with Gasteiger partial charge in [0.15, 0.2) is 14.1 Å². The number of benzene rings is 1. The average molecular weight is 596 g/mol. The molecule has 226 valence electrons. The van der Waals surface area contributed by atoms with Crippen molar-refractivity contribution in [3.63, 3.8) is 0 Å². The summed E-state index contributed by atoms with van der Waals surface area (Å²) in [6, 6.07) is 13.7. The van der Waals surface area contributed by atoms with Crippen LogP contribution < -0.4 is 10.5 Å². The fraction of sp³-hybridized carbons (Fsp3) is 0.452. The first-order valence-corrected chi connectivity index (χ1v) is 17.1. The van der Waals surface area contributed by atoms with Gasteiger partial charge in [-0.1, -0.05) is 32.9 Å². The maximum atomic E-state index is 15.3. The minimum atomic E-state index is -1.97. The Morgan fingerprint density at radius 3 is 2.52 bits per heavy atom. The lowest BCUT2D eigenvalue weighted by Crippen LogP contribution is -2.41. The number of methoxy groups -OCH3 is 1. The molecule has 4 rings (SSSR count). The van der Waals surface area contributed by atoms with Gasteiger partial charge >= 0.3 is 0 Å². The second-order valence-electron chi connectivity index (χ2n) is 11.8. The topological polar surface area (TPSA) is 118 Å². The molecular formula is C31H42FN5O4Si. The molecule has 0 aliphatic carbocycles. The van der Waals surface area contributed by atoms with Crippen LogP contribution in [-0.4, -0.2) is 66.3 Å². The van der Waals surface area contributed by atoms with Crippen LogP contribution in [0, 0.1) is 0 Å². The highest BCUT2D eigenvalue weighted by molar-refractivity contribution is 6.74. The fourth-order valence-corrected chi connectivity index (χ4v) is 5.32. The summed E-state index contributed by atoms with van der Waals surface area (Å²) in [7, 11) is -0.360. The first kappa shape index (κ1) is 31.7. The van der Waals surface area contributed by atoms with Crippen LogP contribution in [0.25, 0.3) is 28.0 Å². The predicted octanol–water partition coefficient (Wildman–Crippen LogP) is 5.75. The highest BCUT2D eigenvalue weighted by Gasteiger charge is 2.37. The Morgan fingerprint density at radius 1 is 1.05 bits per heavy atom. The monoisotopic (exact) mass is 595 g/mol. The van der Waals surface area contributed by atoms with Crippen molar-refractivity contribution in [1.82, 2.24) is 19.7 Å². The molecule has 1 unspecified atom stereocenters. The van der Waals surface area contributed by atoms with E-state index < -0.39 is 20.5 Å². The van der Waals surface area contributed by atoms with Gasteiger partial charge in [-0.05, 0) is 54.5 Å². The standard InChI is InChI=1S/C31H42FN5O4Si/c1-31(2,3)42(5,6)41-14-13-24(32)30(33)26-11-8-10-25(36-26)21-17-27-23(28(18-21)40-16-15-39-4)19-34-37(27)29-12-7-9-22(20-38)35-29/h7-12,17-19,24,30,38H,13-16,20,33H2,1-6H3/t24?,30-/m0/s1. The SMILES string of the molecule is COCCOc1cc(-c2cccc([C@@H](N)C(F)CCO[Si](C)(C)C(C)(C)C)n2)cc2c1cnn2-c1cccc(CO)n1. The van der Waals surface area contributed by atoms with Crippen molar-refractivity contribution >= 4 is 19.2 Å². The van der Waals surface area contributed by atoms with E-state index in [0.717, 1.165) is 16.5 Å².